The summed E-state index contributed by atoms with van der Waals surface area (Å²) in [4.78, 5) is 0. The van der Waals surface area contributed by atoms with Crippen LogP contribution >= 0.6 is 0 Å². The maximum Gasteiger partial charge on any atom is 0.164 e. The summed E-state index contributed by atoms with van der Waals surface area (Å²) in [5.74, 6) is 0.710. The Balaban J connectivity index is 2.01. The van der Waals surface area contributed by atoms with Crippen LogP contribution in [0.1, 0.15) is 38.2 Å². The molecule has 1 aromatic carbocycles. The summed E-state index contributed by atoms with van der Waals surface area (Å²) in [5.41, 5.74) is 0.916. The van der Waals surface area contributed by atoms with E-state index in [2.05, 4.69) is 6.92 Å². The van der Waals surface area contributed by atoms with Gasteiger partial charge >= 0.3 is 0 Å². The molecule has 0 bridgehead atoms. The van der Waals surface area contributed by atoms with Crippen molar-refractivity contribution in [2.24, 2.45) is 0 Å². The first-order chi connectivity index (χ1) is 7.70. The third-order valence-electron chi connectivity index (χ3n) is 2.99. The highest BCUT2D eigenvalue weighted by Crippen LogP contribution is 2.40. The van der Waals surface area contributed by atoms with Crippen LogP contribution in [0.2, 0.25) is 0 Å². The predicted molar refractivity (Wildman–Crippen MR) is 62.0 cm³/mol. The minimum atomic E-state index is 0.0491. The molecule has 1 heterocycles. The predicted octanol–water partition coefficient (Wildman–Crippen LogP) is 2.98. The molecular weight excluding hydrogens is 204 g/mol. The zero-order chi connectivity index (χ0) is 11.5. The van der Waals surface area contributed by atoms with Crippen molar-refractivity contribution in [1.29, 1.82) is 0 Å². The van der Waals surface area contributed by atoms with Gasteiger partial charge in [-0.3, -0.25) is 0 Å². The Hall–Kier alpha value is -1.38. The number of rotatable bonds is 4. The molecule has 1 aliphatic heterocycles. The highest BCUT2D eigenvalue weighted by Gasteiger charge is 2.25. The fourth-order valence-electron chi connectivity index (χ4n) is 2.18. The number of benzene rings is 1. The first-order valence-corrected chi connectivity index (χ1v) is 5.92. The lowest BCUT2D eigenvalue weighted by Crippen LogP contribution is -2.12. The highest BCUT2D eigenvalue weighted by molar-refractivity contribution is 5.52. The van der Waals surface area contributed by atoms with E-state index in [0.29, 0.717) is 5.75 Å². The zero-order valence-corrected chi connectivity index (χ0v) is 9.57. The summed E-state index contributed by atoms with van der Waals surface area (Å²) in [6, 6.07) is 3.00. The molecule has 88 valence electrons. The van der Waals surface area contributed by atoms with E-state index in [9.17, 15) is 10.2 Å². The van der Waals surface area contributed by atoms with Gasteiger partial charge in [0.15, 0.2) is 11.5 Å². The number of aromatic hydroxyl groups is 2. The fourth-order valence-corrected chi connectivity index (χ4v) is 2.18. The molecular formula is C13H18O3. The Morgan fingerprint density at radius 1 is 1.31 bits per heavy atom. The molecule has 0 amide bonds. The number of fused-ring (bicyclic) bond motifs is 1. The lowest BCUT2D eigenvalue weighted by atomic mass is 10.0. The van der Waals surface area contributed by atoms with Gasteiger partial charge in [-0.25, -0.2) is 0 Å². The van der Waals surface area contributed by atoms with E-state index < -0.39 is 0 Å². The van der Waals surface area contributed by atoms with Crippen molar-refractivity contribution in [3.8, 4) is 17.2 Å². The van der Waals surface area contributed by atoms with Gasteiger partial charge in [0.2, 0.25) is 0 Å². The summed E-state index contributed by atoms with van der Waals surface area (Å²) < 4.78 is 5.68. The number of phenolic OH excluding ortho intramolecular Hbond substituents is 2. The molecule has 3 nitrogen and oxygen atoms in total. The van der Waals surface area contributed by atoms with Crippen molar-refractivity contribution in [3.05, 3.63) is 17.7 Å². The van der Waals surface area contributed by atoms with Gasteiger partial charge in [0.1, 0.15) is 11.9 Å². The van der Waals surface area contributed by atoms with E-state index in [1.807, 2.05) is 0 Å². The third kappa shape index (κ3) is 2.23. The van der Waals surface area contributed by atoms with Gasteiger partial charge in [-0.1, -0.05) is 19.8 Å². The van der Waals surface area contributed by atoms with Crippen LogP contribution in [0.4, 0.5) is 0 Å². The van der Waals surface area contributed by atoms with Crippen molar-refractivity contribution in [2.45, 2.75) is 45.1 Å². The van der Waals surface area contributed by atoms with Crippen LogP contribution in [0.25, 0.3) is 0 Å². The molecule has 0 radical (unpaired) electrons. The molecule has 1 unspecified atom stereocenters. The van der Waals surface area contributed by atoms with Crippen molar-refractivity contribution in [3.63, 3.8) is 0 Å². The summed E-state index contributed by atoms with van der Waals surface area (Å²) in [7, 11) is 0. The molecule has 0 fully saturated rings. The van der Waals surface area contributed by atoms with Crippen LogP contribution in [0, 0.1) is 0 Å². The molecule has 0 saturated carbocycles. The molecule has 0 aliphatic carbocycles. The van der Waals surface area contributed by atoms with Crippen LogP contribution in [0.3, 0.4) is 0 Å². The van der Waals surface area contributed by atoms with E-state index in [0.717, 1.165) is 24.8 Å². The van der Waals surface area contributed by atoms with Crippen molar-refractivity contribution in [1.82, 2.24) is 0 Å². The van der Waals surface area contributed by atoms with Gasteiger partial charge in [0, 0.05) is 18.1 Å². The Labute approximate surface area is 95.7 Å². The topological polar surface area (TPSA) is 49.7 Å². The minimum absolute atomic E-state index is 0.0491. The SMILES string of the molecule is CCCCCC1Cc2cc(O)cc(O)c2O1. The van der Waals surface area contributed by atoms with E-state index in [1.165, 1.54) is 18.9 Å². The van der Waals surface area contributed by atoms with Crippen LogP contribution in [-0.4, -0.2) is 16.3 Å². The van der Waals surface area contributed by atoms with Crippen molar-refractivity contribution < 1.29 is 14.9 Å². The molecule has 2 N–H and O–H groups in total. The number of unbranched alkanes of at least 4 members (excludes halogenated alkanes) is 2. The van der Waals surface area contributed by atoms with E-state index in [1.54, 1.807) is 6.07 Å². The van der Waals surface area contributed by atoms with E-state index in [4.69, 9.17) is 4.74 Å². The number of ether oxygens (including phenoxy) is 1. The number of hydrogen-bond acceptors (Lipinski definition) is 3. The Bertz CT molecular complexity index is 374. The average molecular weight is 222 g/mol. The summed E-state index contributed by atoms with van der Waals surface area (Å²) in [6.45, 7) is 2.17. The Morgan fingerprint density at radius 3 is 2.88 bits per heavy atom. The lowest BCUT2D eigenvalue weighted by Gasteiger charge is -2.10. The summed E-state index contributed by atoms with van der Waals surface area (Å²) >= 11 is 0. The third-order valence-corrected chi connectivity index (χ3v) is 2.99. The van der Waals surface area contributed by atoms with Gasteiger partial charge in [-0.05, 0) is 18.9 Å². The second kappa shape index (κ2) is 4.64. The van der Waals surface area contributed by atoms with Crippen LogP contribution in [0.5, 0.6) is 17.2 Å². The average Bonchev–Trinajstić information content (AvgIpc) is 2.61. The number of phenols is 2. The minimum Gasteiger partial charge on any atom is -0.508 e. The van der Waals surface area contributed by atoms with Crippen LogP contribution in [-0.2, 0) is 6.42 Å². The molecule has 0 saturated heterocycles. The van der Waals surface area contributed by atoms with Gasteiger partial charge in [0.05, 0.1) is 0 Å². The van der Waals surface area contributed by atoms with E-state index in [-0.39, 0.29) is 17.6 Å². The molecule has 2 rings (SSSR count). The summed E-state index contributed by atoms with van der Waals surface area (Å²) in [5, 5.41) is 19.0. The van der Waals surface area contributed by atoms with Gasteiger partial charge < -0.3 is 14.9 Å². The smallest absolute Gasteiger partial charge is 0.164 e. The molecule has 0 spiro atoms. The Kier molecular flexibility index (Phi) is 3.22. The van der Waals surface area contributed by atoms with Gasteiger partial charge in [-0.15, -0.1) is 0 Å². The zero-order valence-electron chi connectivity index (χ0n) is 9.57. The molecule has 0 aromatic heterocycles. The van der Waals surface area contributed by atoms with Gasteiger partial charge in [0.25, 0.3) is 0 Å². The van der Waals surface area contributed by atoms with Crippen LogP contribution < -0.4 is 4.74 Å². The molecule has 1 aliphatic rings. The monoisotopic (exact) mass is 222 g/mol. The molecule has 1 atom stereocenters. The van der Waals surface area contributed by atoms with E-state index >= 15 is 0 Å². The molecule has 16 heavy (non-hydrogen) atoms. The van der Waals surface area contributed by atoms with Gasteiger partial charge in [-0.2, -0.15) is 0 Å². The Morgan fingerprint density at radius 2 is 2.12 bits per heavy atom. The fraction of sp³-hybridized carbons (Fsp3) is 0.538. The van der Waals surface area contributed by atoms with Crippen LogP contribution in [0.15, 0.2) is 12.1 Å². The second-order valence-corrected chi connectivity index (χ2v) is 4.39. The first kappa shape index (κ1) is 11.1. The largest absolute Gasteiger partial charge is 0.508 e. The van der Waals surface area contributed by atoms with Crippen molar-refractivity contribution >= 4 is 0 Å². The van der Waals surface area contributed by atoms with Crippen molar-refractivity contribution in [2.75, 3.05) is 0 Å². The quantitative estimate of drug-likeness (QED) is 0.770. The maximum absolute atomic E-state index is 9.62. The molecule has 3 heteroatoms. The standard InChI is InChI=1S/C13H18O3/c1-2-3-4-5-11-7-9-6-10(14)8-12(15)13(9)16-11/h6,8,11,14-15H,2-5,7H2,1H3. The molecule has 1 aromatic rings. The second-order valence-electron chi connectivity index (χ2n) is 4.39. The lowest BCUT2D eigenvalue weighted by molar-refractivity contribution is 0.210. The number of hydrogen-bond donors (Lipinski definition) is 2. The summed E-state index contributed by atoms with van der Waals surface area (Å²) in [6.07, 6.45) is 5.54. The highest BCUT2D eigenvalue weighted by atomic mass is 16.5. The normalized spacial score (nSPS) is 18.2. The first-order valence-electron chi connectivity index (χ1n) is 5.92. The maximum atomic E-state index is 9.62.